The van der Waals surface area contributed by atoms with Crippen molar-refractivity contribution in [2.75, 3.05) is 0 Å². The third-order valence-corrected chi connectivity index (χ3v) is 3.50. The maximum Gasteiger partial charge on any atom is 0.243 e. The van der Waals surface area contributed by atoms with E-state index in [-0.39, 0.29) is 18.0 Å². The van der Waals surface area contributed by atoms with Crippen molar-refractivity contribution in [2.24, 2.45) is 0 Å². The van der Waals surface area contributed by atoms with Crippen molar-refractivity contribution in [1.82, 2.24) is 20.4 Å². The maximum atomic E-state index is 5.32. The Labute approximate surface area is 126 Å². The Hall–Kier alpha value is -1.75. The molecule has 0 aromatic carbocycles. The molecular formula is C16H24N4O. The molecule has 21 heavy (non-hydrogen) atoms. The first-order chi connectivity index (χ1) is 9.97. The second-order valence-electron chi connectivity index (χ2n) is 5.91. The van der Waals surface area contributed by atoms with Crippen LogP contribution in [0.4, 0.5) is 0 Å². The molecule has 2 aromatic heterocycles. The quantitative estimate of drug-likeness (QED) is 0.884. The Kier molecular flexibility index (Phi) is 5.07. The fourth-order valence-corrected chi connectivity index (χ4v) is 2.24. The average molecular weight is 288 g/mol. The molecule has 5 nitrogen and oxygen atoms in total. The van der Waals surface area contributed by atoms with Gasteiger partial charge in [0.05, 0.1) is 6.04 Å². The van der Waals surface area contributed by atoms with Crippen LogP contribution in [0.15, 0.2) is 22.9 Å². The summed E-state index contributed by atoms with van der Waals surface area (Å²) in [5.74, 6) is 1.68. The van der Waals surface area contributed by atoms with Gasteiger partial charge in [-0.1, -0.05) is 25.1 Å². The van der Waals surface area contributed by atoms with Crippen molar-refractivity contribution >= 4 is 0 Å². The van der Waals surface area contributed by atoms with E-state index in [0.717, 1.165) is 17.9 Å². The SMILES string of the molecule is Cc1cccnc1C[C@H](C)N[C@H](C)c1nc(C(C)C)no1. The van der Waals surface area contributed by atoms with Crippen LogP contribution in [0.5, 0.6) is 0 Å². The Balaban J connectivity index is 1.95. The number of hydrogen-bond acceptors (Lipinski definition) is 5. The van der Waals surface area contributed by atoms with Crippen LogP contribution >= 0.6 is 0 Å². The van der Waals surface area contributed by atoms with Crippen LogP contribution in [0.1, 0.15) is 62.6 Å². The van der Waals surface area contributed by atoms with E-state index in [2.05, 4.69) is 54.2 Å². The van der Waals surface area contributed by atoms with Crippen molar-refractivity contribution in [3.8, 4) is 0 Å². The van der Waals surface area contributed by atoms with E-state index >= 15 is 0 Å². The zero-order valence-electron chi connectivity index (χ0n) is 13.4. The molecular weight excluding hydrogens is 264 g/mol. The first-order valence-electron chi connectivity index (χ1n) is 7.47. The standard InChI is InChI=1S/C16H24N4O/c1-10(2)15-19-16(21-20-15)13(5)18-12(4)9-14-11(3)7-6-8-17-14/h6-8,10,12-13,18H,9H2,1-5H3/t12-,13+/m0/s1. The summed E-state index contributed by atoms with van der Waals surface area (Å²) in [4.78, 5) is 8.87. The Morgan fingerprint density at radius 3 is 2.62 bits per heavy atom. The molecule has 2 atom stereocenters. The number of nitrogens with one attached hydrogen (secondary N) is 1. The molecule has 0 saturated heterocycles. The van der Waals surface area contributed by atoms with Crippen LogP contribution in [0, 0.1) is 6.92 Å². The third kappa shape index (κ3) is 4.11. The number of rotatable bonds is 6. The van der Waals surface area contributed by atoms with Crippen LogP contribution in [0.25, 0.3) is 0 Å². The van der Waals surface area contributed by atoms with Crippen LogP contribution in [-0.4, -0.2) is 21.2 Å². The van der Waals surface area contributed by atoms with Crippen LogP contribution in [0.2, 0.25) is 0 Å². The highest BCUT2D eigenvalue weighted by Gasteiger charge is 2.18. The van der Waals surface area contributed by atoms with Crippen molar-refractivity contribution in [3.63, 3.8) is 0 Å². The zero-order chi connectivity index (χ0) is 15.4. The molecule has 0 aliphatic heterocycles. The van der Waals surface area contributed by atoms with Crippen molar-refractivity contribution < 1.29 is 4.52 Å². The van der Waals surface area contributed by atoms with Crippen LogP contribution in [0.3, 0.4) is 0 Å². The van der Waals surface area contributed by atoms with E-state index in [1.807, 2.05) is 19.2 Å². The number of aromatic nitrogens is 3. The lowest BCUT2D eigenvalue weighted by molar-refractivity contribution is 0.322. The number of hydrogen-bond donors (Lipinski definition) is 1. The maximum absolute atomic E-state index is 5.32. The summed E-state index contributed by atoms with van der Waals surface area (Å²) in [5, 5.41) is 7.49. The minimum Gasteiger partial charge on any atom is -0.338 e. The second kappa shape index (κ2) is 6.80. The fourth-order valence-electron chi connectivity index (χ4n) is 2.24. The molecule has 2 aromatic rings. The number of aryl methyl sites for hydroxylation is 1. The van der Waals surface area contributed by atoms with Gasteiger partial charge < -0.3 is 9.84 Å². The molecule has 0 fully saturated rings. The Bertz CT molecular complexity index is 579. The highest BCUT2D eigenvalue weighted by molar-refractivity contribution is 5.18. The summed E-state index contributed by atoms with van der Waals surface area (Å²) in [7, 11) is 0. The fraction of sp³-hybridized carbons (Fsp3) is 0.562. The summed E-state index contributed by atoms with van der Waals surface area (Å²) in [5.41, 5.74) is 2.34. The molecule has 2 heterocycles. The Morgan fingerprint density at radius 2 is 2.00 bits per heavy atom. The van der Waals surface area contributed by atoms with Gasteiger partial charge in [-0.15, -0.1) is 0 Å². The molecule has 0 unspecified atom stereocenters. The van der Waals surface area contributed by atoms with Crippen molar-refractivity contribution in [1.29, 1.82) is 0 Å². The van der Waals surface area contributed by atoms with Gasteiger partial charge in [0.25, 0.3) is 0 Å². The van der Waals surface area contributed by atoms with Gasteiger partial charge in [0.1, 0.15) is 0 Å². The minimum absolute atomic E-state index is 0.0315. The van der Waals surface area contributed by atoms with Crippen LogP contribution in [-0.2, 0) is 6.42 Å². The van der Waals surface area contributed by atoms with Gasteiger partial charge >= 0.3 is 0 Å². The van der Waals surface area contributed by atoms with Crippen molar-refractivity contribution in [3.05, 3.63) is 41.3 Å². The predicted octanol–water partition coefficient (Wildman–Crippen LogP) is 3.18. The van der Waals surface area contributed by atoms with Gasteiger partial charge in [-0.3, -0.25) is 4.98 Å². The molecule has 0 saturated carbocycles. The molecule has 0 aliphatic carbocycles. The Morgan fingerprint density at radius 1 is 1.24 bits per heavy atom. The first kappa shape index (κ1) is 15.6. The summed E-state index contributed by atoms with van der Waals surface area (Å²) >= 11 is 0. The molecule has 0 spiro atoms. The van der Waals surface area contributed by atoms with Gasteiger partial charge in [-0.2, -0.15) is 4.98 Å². The van der Waals surface area contributed by atoms with E-state index in [1.165, 1.54) is 5.56 Å². The second-order valence-corrected chi connectivity index (χ2v) is 5.91. The summed E-state index contributed by atoms with van der Waals surface area (Å²) < 4.78 is 5.32. The lowest BCUT2D eigenvalue weighted by Crippen LogP contribution is -2.31. The van der Waals surface area contributed by atoms with Crippen molar-refractivity contribution in [2.45, 2.75) is 59.0 Å². The van der Waals surface area contributed by atoms with E-state index in [4.69, 9.17) is 4.52 Å². The topological polar surface area (TPSA) is 63.8 Å². The van der Waals surface area contributed by atoms with Gasteiger partial charge in [-0.05, 0) is 32.4 Å². The molecule has 2 rings (SSSR count). The molecule has 1 N–H and O–H groups in total. The first-order valence-corrected chi connectivity index (χ1v) is 7.47. The van der Waals surface area contributed by atoms with E-state index in [9.17, 15) is 0 Å². The van der Waals surface area contributed by atoms with Gasteiger partial charge in [0.15, 0.2) is 5.82 Å². The van der Waals surface area contributed by atoms with Gasteiger partial charge in [-0.25, -0.2) is 0 Å². The van der Waals surface area contributed by atoms with E-state index in [1.54, 1.807) is 0 Å². The molecule has 114 valence electrons. The summed E-state index contributed by atoms with van der Waals surface area (Å²) in [6.07, 6.45) is 2.72. The van der Waals surface area contributed by atoms with E-state index in [0.29, 0.717) is 5.89 Å². The zero-order valence-corrected chi connectivity index (χ0v) is 13.4. The third-order valence-electron chi connectivity index (χ3n) is 3.50. The number of pyridine rings is 1. The van der Waals surface area contributed by atoms with Gasteiger partial charge in [0.2, 0.25) is 5.89 Å². The lowest BCUT2D eigenvalue weighted by Gasteiger charge is -2.17. The highest BCUT2D eigenvalue weighted by Crippen LogP contribution is 2.16. The highest BCUT2D eigenvalue weighted by atomic mass is 16.5. The smallest absolute Gasteiger partial charge is 0.243 e. The largest absolute Gasteiger partial charge is 0.338 e. The molecule has 5 heteroatoms. The predicted molar refractivity (Wildman–Crippen MR) is 82.1 cm³/mol. The number of nitrogens with zero attached hydrogens (tertiary/aromatic N) is 3. The van der Waals surface area contributed by atoms with E-state index < -0.39 is 0 Å². The van der Waals surface area contributed by atoms with Crippen LogP contribution < -0.4 is 5.32 Å². The minimum atomic E-state index is 0.0315. The normalized spacial score (nSPS) is 14.4. The molecule has 0 aliphatic rings. The summed E-state index contributed by atoms with van der Waals surface area (Å²) in [6.45, 7) is 10.4. The lowest BCUT2D eigenvalue weighted by atomic mass is 10.1. The summed E-state index contributed by atoms with van der Waals surface area (Å²) in [6, 6.07) is 4.36. The average Bonchev–Trinajstić information content (AvgIpc) is 2.91. The molecule has 0 amide bonds. The van der Waals surface area contributed by atoms with Gasteiger partial charge in [0, 0.05) is 30.3 Å². The monoisotopic (exact) mass is 288 g/mol. The molecule has 0 bridgehead atoms. The molecule has 0 radical (unpaired) electrons.